The Morgan fingerprint density at radius 1 is 1.00 bits per heavy atom. The Morgan fingerprint density at radius 3 is 1.00 bits per heavy atom. The molecule has 5 heteroatoms. The Labute approximate surface area is 76.6 Å². The SMILES string of the molecule is CI.ClC(Cl)(Cl)Cl. The van der Waals surface area contributed by atoms with E-state index in [1.54, 1.807) is 0 Å². The van der Waals surface area contributed by atoms with Crippen LogP contribution in [0, 0.1) is 0 Å². The van der Waals surface area contributed by atoms with Crippen LogP contribution in [0.4, 0.5) is 0 Å². The fourth-order valence-corrected chi connectivity index (χ4v) is 0. The van der Waals surface area contributed by atoms with Gasteiger partial charge in [-0.05, 0) is 4.93 Å². The minimum Gasteiger partial charge on any atom is -0.0901 e. The third-order valence-electron chi connectivity index (χ3n) is 0. The van der Waals surface area contributed by atoms with Crippen molar-refractivity contribution < 1.29 is 0 Å². The molecule has 0 radical (unpaired) electrons. The summed E-state index contributed by atoms with van der Waals surface area (Å²) < 4.78 is -1.61. The highest BCUT2D eigenvalue weighted by molar-refractivity contribution is 14.1. The zero-order chi connectivity index (χ0) is 6.50. The van der Waals surface area contributed by atoms with Crippen LogP contribution in [0.5, 0.6) is 0 Å². The topological polar surface area (TPSA) is 0 Å². The predicted octanol–water partition coefficient (Wildman–Crippen LogP) is 3.60. The van der Waals surface area contributed by atoms with Gasteiger partial charge in [0.25, 0.3) is 3.25 Å². The molecule has 0 spiro atoms. The van der Waals surface area contributed by atoms with Crippen LogP contribution in [-0.2, 0) is 0 Å². The molecule has 0 unspecified atom stereocenters. The van der Waals surface area contributed by atoms with Crippen molar-refractivity contribution in [2.45, 2.75) is 3.25 Å². The first-order valence-electron chi connectivity index (χ1n) is 1.13. The first kappa shape index (κ1) is 11.7. The second-order valence-corrected chi connectivity index (χ2v) is 3.86. The molecule has 0 aromatic rings. The van der Waals surface area contributed by atoms with Gasteiger partial charge in [0, 0.05) is 0 Å². The number of alkyl halides is 5. The van der Waals surface area contributed by atoms with E-state index < -0.39 is 3.25 Å². The Balaban J connectivity index is 0. The van der Waals surface area contributed by atoms with Crippen molar-refractivity contribution in [1.82, 2.24) is 0 Å². The third-order valence-corrected chi connectivity index (χ3v) is 0. The van der Waals surface area contributed by atoms with Crippen molar-refractivity contribution in [3.8, 4) is 0 Å². The Morgan fingerprint density at radius 2 is 1.00 bits per heavy atom. The summed E-state index contributed by atoms with van der Waals surface area (Å²) in [5, 5.41) is 0. The molecule has 0 aliphatic rings. The van der Waals surface area contributed by atoms with Crippen LogP contribution in [0.15, 0.2) is 0 Å². The summed E-state index contributed by atoms with van der Waals surface area (Å²) in [5.41, 5.74) is 0. The summed E-state index contributed by atoms with van der Waals surface area (Å²) >= 11 is 21.5. The van der Waals surface area contributed by atoms with Gasteiger partial charge in [-0.25, -0.2) is 0 Å². The molecule has 7 heavy (non-hydrogen) atoms. The van der Waals surface area contributed by atoms with Crippen LogP contribution in [0.2, 0.25) is 0 Å². The predicted molar refractivity (Wildman–Crippen MR) is 46.1 cm³/mol. The molecule has 0 bridgehead atoms. The van der Waals surface area contributed by atoms with Crippen LogP contribution in [0.25, 0.3) is 0 Å². The second-order valence-electron chi connectivity index (χ2n) is 0.429. The first-order valence-corrected chi connectivity index (χ1v) is 4.80. The van der Waals surface area contributed by atoms with E-state index in [4.69, 9.17) is 46.4 Å². The van der Waals surface area contributed by atoms with Crippen LogP contribution in [0.3, 0.4) is 0 Å². The van der Waals surface area contributed by atoms with E-state index in [0.29, 0.717) is 0 Å². The van der Waals surface area contributed by atoms with Crippen LogP contribution in [0.1, 0.15) is 0 Å². The second kappa shape index (κ2) is 6.02. The lowest BCUT2D eigenvalue weighted by Gasteiger charge is -1.91. The molecule has 0 aromatic carbocycles. The van der Waals surface area contributed by atoms with Crippen molar-refractivity contribution in [3.05, 3.63) is 0 Å². The van der Waals surface area contributed by atoms with E-state index in [1.165, 1.54) is 0 Å². The molecule has 0 aliphatic heterocycles. The number of hydrogen-bond donors (Lipinski definition) is 0. The highest BCUT2D eigenvalue weighted by atomic mass is 127. The van der Waals surface area contributed by atoms with Gasteiger partial charge in [0.15, 0.2) is 0 Å². The molecule has 0 heterocycles. The molecule has 0 amide bonds. The van der Waals surface area contributed by atoms with Crippen molar-refractivity contribution in [3.63, 3.8) is 0 Å². The van der Waals surface area contributed by atoms with Gasteiger partial charge >= 0.3 is 0 Å². The van der Waals surface area contributed by atoms with E-state index in [1.807, 2.05) is 4.93 Å². The van der Waals surface area contributed by atoms with E-state index in [0.717, 1.165) is 0 Å². The molecular weight excluding hydrogens is 293 g/mol. The summed E-state index contributed by atoms with van der Waals surface area (Å²) in [6.07, 6.45) is 0. The highest BCUT2D eigenvalue weighted by Gasteiger charge is 2.11. The zero-order valence-corrected chi connectivity index (χ0v) is 8.57. The summed E-state index contributed by atoms with van der Waals surface area (Å²) in [7, 11) is 0. The van der Waals surface area contributed by atoms with Gasteiger partial charge < -0.3 is 0 Å². The summed E-state index contributed by atoms with van der Waals surface area (Å²) in [4.78, 5) is 1.97. The summed E-state index contributed by atoms with van der Waals surface area (Å²) in [6.45, 7) is 0. The Kier molecular flexibility index (Phi) is 10.0. The lowest BCUT2D eigenvalue weighted by molar-refractivity contribution is 1.76. The standard InChI is InChI=1S/CCl4.CH3I/c2-1(3,4)5;1-2/h;1H3. The lowest BCUT2D eigenvalue weighted by atomic mass is 11.8. The summed E-state index contributed by atoms with van der Waals surface area (Å²) in [5.74, 6) is 0. The minimum absolute atomic E-state index is 1.61. The smallest absolute Gasteiger partial charge is 0.0901 e. The maximum Gasteiger partial charge on any atom is 0.266 e. The number of hydrogen-bond acceptors (Lipinski definition) is 0. The highest BCUT2D eigenvalue weighted by Crippen LogP contribution is 2.29. The molecule has 0 aliphatic carbocycles. The zero-order valence-electron chi connectivity index (χ0n) is 3.39. The van der Waals surface area contributed by atoms with Gasteiger partial charge in [-0.15, -0.1) is 0 Å². The van der Waals surface area contributed by atoms with Gasteiger partial charge in [0.05, 0.1) is 0 Å². The van der Waals surface area contributed by atoms with E-state index in [9.17, 15) is 0 Å². The van der Waals surface area contributed by atoms with Crippen molar-refractivity contribution in [2.75, 3.05) is 4.93 Å². The first-order chi connectivity index (χ1) is 3.00. The Bertz CT molecular complexity index is 25.2. The maximum absolute atomic E-state index is 4.83. The minimum atomic E-state index is -1.61. The molecule has 0 rings (SSSR count). The molecule has 0 aromatic heterocycles. The molecule has 0 nitrogen and oxygen atoms in total. The molecular formula is C2H3Cl4I. The van der Waals surface area contributed by atoms with Gasteiger partial charge in [0.2, 0.25) is 0 Å². The molecule has 46 valence electrons. The maximum atomic E-state index is 4.83. The van der Waals surface area contributed by atoms with E-state index >= 15 is 0 Å². The molecule has 0 saturated carbocycles. The van der Waals surface area contributed by atoms with Gasteiger partial charge in [-0.3, -0.25) is 0 Å². The Hall–Kier alpha value is 1.89. The van der Waals surface area contributed by atoms with Gasteiger partial charge in [-0.1, -0.05) is 69.0 Å². The monoisotopic (exact) mass is 294 g/mol. The fourth-order valence-electron chi connectivity index (χ4n) is 0. The normalized spacial score (nSPS) is 9.43. The fraction of sp³-hybridized carbons (Fsp3) is 1.00. The van der Waals surface area contributed by atoms with Gasteiger partial charge in [0.1, 0.15) is 0 Å². The molecule has 0 saturated heterocycles. The van der Waals surface area contributed by atoms with Gasteiger partial charge in [-0.2, -0.15) is 0 Å². The number of halogens is 5. The third kappa shape index (κ3) is 76.6. The quantitative estimate of drug-likeness (QED) is 0.473. The van der Waals surface area contributed by atoms with E-state index in [2.05, 4.69) is 22.6 Å². The van der Waals surface area contributed by atoms with Crippen LogP contribution < -0.4 is 0 Å². The average molecular weight is 296 g/mol. The molecule has 0 atom stereocenters. The van der Waals surface area contributed by atoms with Crippen LogP contribution >= 0.6 is 69.0 Å². The van der Waals surface area contributed by atoms with Crippen molar-refractivity contribution in [2.24, 2.45) is 0 Å². The largest absolute Gasteiger partial charge is 0.266 e. The van der Waals surface area contributed by atoms with Crippen molar-refractivity contribution in [1.29, 1.82) is 0 Å². The van der Waals surface area contributed by atoms with Crippen molar-refractivity contribution >= 4 is 69.0 Å². The van der Waals surface area contributed by atoms with E-state index in [-0.39, 0.29) is 0 Å². The number of rotatable bonds is 0. The molecule has 0 N–H and O–H groups in total. The lowest BCUT2D eigenvalue weighted by Crippen LogP contribution is -1.81. The average Bonchev–Trinajstić information content (AvgIpc) is 1.36. The molecule has 0 fully saturated rings. The van der Waals surface area contributed by atoms with Crippen LogP contribution in [-0.4, -0.2) is 8.18 Å². The summed E-state index contributed by atoms with van der Waals surface area (Å²) in [6, 6.07) is 0.